The summed E-state index contributed by atoms with van der Waals surface area (Å²) in [6, 6.07) is 34.1. The van der Waals surface area contributed by atoms with E-state index in [-0.39, 0.29) is 18.4 Å². The molecular weight excluding hydrogens is 504 g/mol. The maximum absolute atomic E-state index is 13.8. The molecule has 202 valence electrons. The summed E-state index contributed by atoms with van der Waals surface area (Å²) in [6.45, 7) is 2.97. The lowest BCUT2D eigenvalue weighted by Gasteiger charge is -2.29. The molecule has 2 aliphatic rings. The van der Waals surface area contributed by atoms with Crippen molar-refractivity contribution < 1.29 is 23.9 Å². The number of nitrogens with zero attached hydrogens (tertiary/aromatic N) is 2. The quantitative estimate of drug-likeness (QED) is 0.256. The van der Waals surface area contributed by atoms with Gasteiger partial charge >= 0.3 is 0 Å². The van der Waals surface area contributed by atoms with Gasteiger partial charge in [-0.25, -0.2) is 5.06 Å². The van der Waals surface area contributed by atoms with Crippen molar-refractivity contribution in [1.82, 2.24) is 4.90 Å². The predicted octanol–water partition coefficient (Wildman–Crippen LogP) is 5.71. The Morgan fingerprint density at radius 2 is 1.38 bits per heavy atom. The molecule has 7 nitrogen and oxygen atoms in total. The van der Waals surface area contributed by atoms with Crippen LogP contribution < -0.4 is 14.5 Å². The standard InChI is InChI=1S/C33H30N2O5/c1-2-38-28-20-25(18-19-27(28)39-22-24-14-8-4-9-15-24)30-29-31(40-35(30)26-16-10-5-11-17-26)33(37)34(32(29)36)21-23-12-6-3-7-13-23/h3-20,29-31H,2,21-22H2,1H3/t29-,30+,31-/m0/s1. The van der Waals surface area contributed by atoms with Gasteiger partial charge in [0.15, 0.2) is 17.6 Å². The highest BCUT2D eigenvalue weighted by atomic mass is 16.7. The van der Waals surface area contributed by atoms with E-state index in [2.05, 4.69) is 0 Å². The Morgan fingerprint density at radius 3 is 2.05 bits per heavy atom. The van der Waals surface area contributed by atoms with Crippen molar-refractivity contribution in [3.63, 3.8) is 0 Å². The van der Waals surface area contributed by atoms with Crippen LogP contribution in [0.25, 0.3) is 0 Å². The fourth-order valence-corrected chi connectivity index (χ4v) is 5.36. The zero-order valence-corrected chi connectivity index (χ0v) is 22.2. The number of anilines is 1. The molecule has 0 bridgehead atoms. The van der Waals surface area contributed by atoms with E-state index in [9.17, 15) is 9.59 Å². The number of hydrogen-bond donors (Lipinski definition) is 0. The van der Waals surface area contributed by atoms with Gasteiger partial charge in [-0.15, -0.1) is 0 Å². The van der Waals surface area contributed by atoms with Crippen molar-refractivity contribution in [2.75, 3.05) is 11.7 Å². The second-order valence-electron chi connectivity index (χ2n) is 9.82. The van der Waals surface area contributed by atoms with E-state index in [1.165, 1.54) is 4.90 Å². The van der Waals surface area contributed by atoms with E-state index in [1.54, 1.807) is 5.06 Å². The van der Waals surface area contributed by atoms with E-state index < -0.39 is 18.1 Å². The smallest absolute Gasteiger partial charge is 0.262 e. The molecule has 0 spiro atoms. The Hall–Kier alpha value is -4.62. The topological polar surface area (TPSA) is 68.3 Å². The van der Waals surface area contributed by atoms with Crippen molar-refractivity contribution >= 4 is 17.5 Å². The van der Waals surface area contributed by atoms with Crippen LogP contribution in [-0.2, 0) is 27.6 Å². The average Bonchev–Trinajstić information content (AvgIpc) is 3.50. The summed E-state index contributed by atoms with van der Waals surface area (Å²) >= 11 is 0. The van der Waals surface area contributed by atoms with Crippen LogP contribution in [0.1, 0.15) is 29.7 Å². The van der Waals surface area contributed by atoms with Crippen LogP contribution in [0.2, 0.25) is 0 Å². The Labute approximate surface area is 233 Å². The number of rotatable bonds is 9. The van der Waals surface area contributed by atoms with E-state index in [1.807, 2.05) is 116 Å². The minimum absolute atomic E-state index is 0.212. The van der Waals surface area contributed by atoms with E-state index in [4.69, 9.17) is 14.3 Å². The lowest BCUT2D eigenvalue weighted by Crippen LogP contribution is -2.36. The van der Waals surface area contributed by atoms with Crippen molar-refractivity contribution in [3.05, 3.63) is 126 Å². The number of fused-ring (bicyclic) bond motifs is 1. The van der Waals surface area contributed by atoms with Gasteiger partial charge in [0.05, 0.1) is 24.9 Å². The van der Waals surface area contributed by atoms with Gasteiger partial charge in [0, 0.05) is 0 Å². The second kappa shape index (κ2) is 11.2. The molecule has 40 heavy (non-hydrogen) atoms. The van der Waals surface area contributed by atoms with E-state index >= 15 is 0 Å². The number of likely N-dealkylation sites (tertiary alicyclic amines) is 1. The summed E-state index contributed by atoms with van der Waals surface area (Å²) in [7, 11) is 0. The largest absolute Gasteiger partial charge is 0.490 e. The summed E-state index contributed by atoms with van der Waals surface area (Å²) in [6.07, 6.45) is -0.911. The molecule has 6 rings (SSSR count). The Bertz CT molecular complexity index is 1480. The highest BCUT2D eigenvalue weighted by Crippen LogP contribution is 2.48. The molecule has 2 heterocycles. The predicted molar refractivity (Wildman–Crippen MR) is 150 cm³/mol. The second-order valence-corrected chi connectivity index (χ2v) is 9.82. The van der Waals surface area contributed by atoms with Crippen LogP contribution in [0, 0.1) is 5.92 Å². The van der Waals surface area contributed by atoms with Gasteiger partial charge in [0.25, 0.3) is 5.91 Å². The molecule has 0 aromatic heterocycles. The Kier molecular flexibility index (Phi) is 7.21. The van der Waals surface area contributed by atoms with Crippen molar-refractivity contribution in [3.8, 4) is 11.5 Å². The van der Waals surface area contributed by atoms with E-state index in [0.717, 1.165) is 22.4 Å². The summed E-state index contributed by atoms with van der Waals surface area (Å²) in [5, 5.41) is 1.69. The van der Waals surface area contributed by atoms with Crippen LogP contribution in [-0.4, -0.2) is 29.4 Å². The first kappa shape index (κ1) is 25.6. The molecule has 0 radical (unpaired) electrons. The first-order valence-electron chi connectivity index (χ1n) is 13.5. The third-order valence-electron chi connectivity index (χ3n) is 7.25. The minimum atomic E-state index is -0.911. The molecule has 2 saturated heterocycles. The summed E-state index contributed by atoms with van der Waals surface area (Å²) in [4.78, 5) is 34.9. The number of hydroxylamine groups is 1. The zero-order chi connectivity index (χ0) is 27.5. The molecule has 0 unspecified atom stereocenters. The number of carbonyl (C=O) groups is 2. The number of imide groups is 1. The van der Waals surface area contributed by atoms with Gasteiger partial charge in [-0.2, -0.15) is 0 Å². The number of benzene rings is 4. The van der Waals surface area contributed by atoms with Crippen molar-refractivity contribution in [1.29, 1.82) is 0 Å². The van der Waals surface area contributed by atoms with Crippen LogP contribution in [0.4, 0.5) is 5.69 Å². The summed E-state index contributed by atoms with van der Waals surface area (Å²) in [5.41, 5.74) is 3.50. The molecule has 7 heteroatoms. The van der Waals surface area contributed by atoms with Gasteiger partial charge in [0.1, 0.15) is 12.5 Å². The van der Waals surface area contributed by atoms with Crippen molar-refractivity contribution in [2.24, 2.45) is 5.92 Å². The van der Waals surface area contributed by atoms with Crippen LogP contribution in [0.5, 0.6) is 11.5 Å². The maximum atomic E-state index is 13.8. The third-order valence-corrected chi connectivity index (χ3v) is 7.25. The summed E-state index contributed by atoms with van der Waals surface area (Å²) in [5.74, 6) is -0.0947. The number of carbonyl (C=O) groups excluding carboxylic acids is 2. The van der Waals surface area contributed by atoms with Gasteiger partial charge in [0.2, 0.25) is 5.91 Å². The molecule has 2 aliphatic heterocycles. The lowest BCUT2D eigenvalue weighted by atomic mass is 9.90. The van der Waals surface area contributed by atoms with Gasteiger partial charge in [-0.3, -0.25) is 19.3 Å². The molecule has 0 aliphatic carbocycles. The fraction of sp³-hybridized carbons (Fsp3) is 0.212. The Morgan fingerprint density at radius 1 is 0.725 bits per heavy atom. The third kappa shape index (κ3) is 4.92. The molecule has 0 saturated carbocycles. The molecule has 4 aromatic carbocycles. The molecule has 3 atom stereocenters. The average molecular weight is 535 g/mol. The highest BCUT2D eigenvalue weighted by molar-refractivity contribution is 6.07. The number of ether oxygens (including phenoxy) is 2. The molecule has 2 amide bonds. The molecule has 0 N–H and O–H groups in total. The van der Waals surface area contributed by atoms with Crippen LogP contribution in [0.15, 0.2) is 109 Å². The minimum Gasteiger partial charge on any atom is -0.490 e. The number of hydrogen-bond acceptors (Lipinski definition) is 6. The van der Waals surface area contributed by atoms with Crippen molar-refractivity contribution in [2.45, 2.75) is 32.2 Å². The first-order chi connectivity index (χ1) is 19.6. The first-order valence-corrected chi connectivity index (χ1v) is 13.5. The maximum Gasteiger partial charge on any atom is 0.262 e. The normalized spacial score (nSPS) is 20.1. The zero-order valence-electron chi connectivity index (χ0n) is 22.2. The van der Waals surface area contributed by atoms with Crippen LogP contribution in [0.3, 0.4) is 0 Å². The van der Waals surface area contributed by atoms with Gasteiger partial charge in [-0.1, -0.05) is 84.9 Å². The Balaban J connectivity index is 1.34. The highest BCUT2D eigenvalue weighted by Gasteiger charge is 2.59. The number of amides is 2. The molecule has 2 fully saturated rings. The fourth-order valence-electron chi connectivity index (χ4n) is 5.36. The van der Waals surface area contributed by atoms with E-state index in [0.29, 0.717) is 24.7 Å². The summed E-state index contributed by atoms with van der Waals surface area (Å²) < 4.78 is 12.1. The van der Waals surface area contributed by atoms with Gasteiger partial charge < -0.3 is 9.47 Å². The SMILES string of the molecule is CCOc1cc([C@@H]2[C@@H]3C(=O)N(Cc4ccccc4)C(=O)[C@H]3ON2c2ccccc2)ccc1OCc1ccccc1. The van der Waals surface area contributed by atoms with Gasteiger partial charge in [-0.05, 0) is 47.9 Å². The lowest BCUT2D eigenvalue weighted by molar-refractivity contribution is -0.143. The van der Waals surface area contributed by atoms with Crippen LogP contribution >= 0.6 is 0 Å². The monoisotopic (exact) mass is 534 g/mol. The number of para-hydroxylation sites is 1. The molecular formula is C33H30N2O5. The molecule has 4 aromatic rings.